The van der Waals surface area contributed by atoms with Crippen molar-refractivity contribution < 1.29 is 0 Å². The second-order valence-electron chi connectivity index (χ2n) is 3.98. The van der Waals surface area contributed by atoms with Crippen LogP contribution >= 0.6 is 0 Å². The molecular weight excluding hydrogens is 162 g/mol. The fourth-order valence-corrected chi connectivity index (χ4v) is 0.844. The Morgan fingerprint density at radius 3 is 2.46 bits per heavy atom. The topological polar surface area (TPSA) is 64.4 Å². The van der Waals surface area contributed by atoms with Gasteiger partial charge in [-0.05, 0) is 33.6 Å². The minimum atomic E-state index is -0.0720. The van der Waals surface area contributed by atoms with Gasteiger partial charge in [0.2, 0.25) is 0 Å². The molecule has 3 heteroatoms. The molecule has 0 aromatic rings. The Bertz CT molecular complexity index is 183. The van der Waals surface area contributed by atoms with Crippen LogP contribution in [-0.2, 0) is 0 Å². The monoisotopic (exact) mass is 183 g/mol. The molecule has 0 unspecified atom stereocenters. The Hall–Kier alpha value is -0.830. The van der Waals surface area contributed by atoms with Crippen LogP contribution in [0.5, 0.6) is 0 Å². The molecule has 4 N–H and O–H groups in total. The SMILES string of the molecule is CC(N)=NCC=CCCC(C)(C)N. The fraction of sp³-hybridized carbons (Fsp3) is 0.700. The molecule has 0 saturated carbocycles. The third kappa shape index (κ3) is 11.2. The predicted molar refractivity (Wildman–Crippen MR) is 58.8 cm³/mol. The van der Waals surface area contributed by atoms with Gasteiger partial charge in [0.05, 0.1) is 12.4 Å². The van der Waals surface area contributed by atoms with E-state index in [1.807, 2.05) is 19.9 Å². The number of aliphatic imine (C=N–C) groups is 1. The summed E-state index contributed by atoms with van der Waals surface area (Å²) in [5.41, 5.74) is 11.1. The van der Waals surface area contributed by atoms with Gasteiger partial charge in [0, 0.05) is 5.54 Å². The number of hydrogen-bond donors (Lipinski definition) is 2. The third-order valence-corrected chi connectivity index (χ3v) is 1.57. The first kappa shape index (κ1) is 12.2. The van der Waals surface area contributed by atoms with Gasteiger partial charge >= 0.3 is 0 Å². The Morgan fingerprint density at radius 1 is 1.38 bits per heavy atom. The van der Waals surface area contributed by atoms with Gasteiger partial charge in [0.15, 0.2) is 0 Å². The molecule has 0 bridgehead atoms. The maximum atomic E-state index is 5.82. The quantitative estimate of drug-likeness (QED) is 0.385. The first-order chi connectivity index (χ1) is 5.92. The highest BCUT2D eigenvalue weighted by atomic mass is 14.8. The summed E-state index contributed by atoms with van der Waals surface area (Å²) in [6.45, 7) is 6.52. The van der Waals surface area contributed by atoms with E-state index >= 15 is 0 Å². The van der Waals surface area contributed by atoms with E-state index in [2.05, 4.69) is 11.1 Å². The molecule has 0 spiro atoms. The van der Waals surface area contributed by atoms with Crippen LogP contribution in [0.15, 0.2) is 17.1 Å². The van der Waals surface area contributed by atoms with Gasteiger partial charge < -0.3 is 11.5 Å². The number of nitrogens with two attached hydrogens (primary N) is 2. The minimum absolute atomic E-state index is 0.0720. The van der Waals surface area contributed by atoms with E-state index in [1.165, 1.54) is 0 Å². The number of allylic oxidation sites excluding steroid dienone is 1. The van der Waals surface area contributed by atoms with Crippen molar-refractivity contribution in [2.24, 2.45) is 16.5 Å². The molecule has 0 aliphatic rings. The lowest BCUT2D eigenvalue weighted by Gasteiger charge is -2.16. The number of nitrogens with zero attached hydrogens (tertiary/aromatic N) is 1. The smallest absolute Gasteiger partial charge is 0.0909 e. The van der Waals surface area contributed by atoms with Crippen LogP contribution in [0.25, 0.3) is 0 Å². The average molecular weight is 183 g/mol. The molecule has 0 aliphatic heterocycles. The van der Waals surface area contributed by atoms with Gasteiger partial charge in [-0.25, -0.2) is 0 Å². The molecule has 0 aromatic carbocycles. The Kier molecular flexibility index (Phi) is 5.39. The summed E-state index contributed by atoms with van der Waals surface area (Å²) < 4.78 is 0. The molecule has 0 atom stereocenters. The van der Waals surface area contributed by atoms with E-state index in [9.17, 15) is 0 Å². The molecule has 3 nitrogen and oxygen atoms in total. The lowest BCUT2D eigenvalue weighted by atomic mass is 10.0. The Balaban J connectivity index is 3.49. The maximum absolute atomic E-state index is 5.82. The normalized spacial score (nSPS) is 14.0. The number of hydrogen-bond acceptors (Lipinski definition) is 2. The van der Waals surface area contributed by atoms with Gasteiger partial charge in [-0.2, -0.15) is 0 Å². The van der Waals surface area contributed by atoms with Crippen LogP contribution in [0.3, 0.4) is 0 Å². The van der Waals surface area contributed by atoms with Gasteiger partial charge in [-0.3, -0.25) is 4.99 Å². The van der Waals surface area contributed by atoms with Crippen molar-refractivity contribution in [2.45, 2.75) is 39.2 Å². The van der Waals surface area contributed by atoms with Crippen LogP contribution < -0.4 is 11.5 Å². The molecule has 0 amide bonds. The Morgan fingerprint density at radius 2 is 2.00 bits per heavy atom. The molecule has 0 saturated heterocycles. The zero-order chi connectivity index (χ0) is 10.3. The van der Waals surface area contributed by atoms with Crippen molar-refractivity contribution in [1.82, 2.24) is 0 Å². The molecular formula is C10H21N3. The van der Waals surface area contributed by atoms with Crippen LogP contribution in [0.4, 0.5) is 0 Å². The highest BCUT2D eigenvalue weighted by molar-refractivity contribution is 5.77. The summed E-state index contributed by atoms with van der Waals surface area (Å²) in [6, 6.07) is 0. The van der Waals surface area contributed by atoms with Crippen LogP contribution in [-0.4, -0.2) is 17.9 Å². The lowest BCUT2D eigenvalue weighted by Crippen LogP contribution is -2.31. The van der Waals surface area contributed by atoms with Crippen molar-refractivity contribution in [3.63, 3.8) is 0 Å². The molecule has 0 aliphatic carbocycles. The maximum Gasteiger partial charge on any atom is 0.0909 e. The lowest BCUT2D eigenvalue weighted by molar-refractivity contribution is 0.481. The van der Waals surface area contributed by atoms with Crippen molar-refractivity contribution in [2.75, 3.05) is 6.54 Å². The van der Waals surface area contributed by atoms with Gasteiger partial charge in [0.25, 0.3) is 0 Å². The highest BCUT2D eigenvalue weighted by Gasteiger charge is 2.07. The van der Waals surface area contributed by atoms with E-state index < -0.39 is 0 Å². The highest BCUT2D eigenvalue weighted by Crippen LogP contribution is 2.06. The third-order valence-electron chi connectivity index (χ3n) is 1.57. The summed E-state index contributed by atoms with van der Waals surface area (Å²) in [5.74, 6) is 0.629. The van der Waals surface area contributed by atoms with Gasteiger partial charge in [-0.15, -0.1) is 0 Å². The number of amidine groups is 1. The largest absolute Gasteiger partial charge is 0.388 e. The van der Waals surface area contributed by atoms with E-state index in [-0.39, 0.29) is 5.54 Å². The zero-order valence-electron chi connectivity index (χ0n) is 8.88. The summed E-state index contributed by atoms with van der Waals surface area (Å²) in [5, 5.41) is 0. The molecule has 0 radical (unpaired) electrons. The molecule has 0 heterocycles. The van der Waals surface area contributed by atoms with Crippen molar-refractivity contribution in [3.8, 4) is 0 Å². The molecule has 0 rings (SSSR count). The molecule has 76 valence electrons. The standard InChI is InChI=1S/C10H21N3/c1-9(11)13-8-6-4-5-7-10(2,3)12/h4,6H,5,7-8,12H2,1-3H3,(H2,11,13). The van der Waals surface area contributed by atoms with E-state index in [4.69, 9.17) is 11.5 Å². The first-order valence-corrected chi connectivity index (χ1v) is 4.62. The van der Waals surface area contributed by atoms with Gasteiger partial charge in [0.1, 0.15) is 0 Å². The minimum Gasteiger partial charge on any atom is -0.388 e. The van der Waals surface area contributed by atoms with Crippen molar-refractivity contribution in [1.29, 1.82) is 0 Å². The predicted octanol–water partition coefficient (Wildman–Crippen LogP) is 1.44. The second kappa shape index (κ2) is 5.75. The van der Waals surface area contributed by atoms with Crippen molar-refractivity contribution in [3.05, 3.63) is 12.2 Å². The molecule has 0 aromatic heterocycles. The zero-order valence-corrected chi connectivity index (χ0v) is 8.88. The van der Waals surface area contributed by atoms with Crippen molar-refractivity contribution >= 4 is 5.84 Å². The van der Waals surface area contributed by atoms with Gasteiger partial charge in [-0.1, -0.05) is 12.2 Å². The summed E-state index contributed by atoms with van der Waals surface area (Å²) in [7, 11) is 0. The summed E-state index contributed by atoms with van der Waals surface area (Å²) >= 11 is 0. The fourth-order valence-electron chi connectivity index (χ4n) is 0.844. The Labute approximate surface area is 80.9 Å². The van der Waals surface area contributed by atoms with E-state index in [1.54, 1.807) is 6.92 Å². The summed E-state index contributed by atoms with van der Waals surface area (Å²) in [4.78, 5) is 4.03. The second-order valence-corrected chi connectivity index (χ2v) is 3.98. The van der Waals surface area contributed by atoms with E-state index in [0.29, 0.717) is 12.4 Å². The van der Waals surface area contributed by atoms with Crippen LogP contribution in [0.1, 0.15) is 33.6 Å². The first-order valence-electron chi connectivity index (χ1n) is 4.62. The number of rotatable bonds is 5. The molecule has 13 heavy (non-hydrogen) atoms. The van der Waals surface area contributed by atoms with E-state index in [0.717, 1.165) is 12.8 Å². The van der Waals surface area contributed by atoms with Crippen LogP contribution in [0, 0.1) is 0 Å². The van der Waals surface area contributed by atoms with Crippen LogP contribution in [0.2, 0.25) is 0 Å². The molecule has 0 fully saturated rings. The summed E-state index contributed by atoms with van der Waals surface area (Å²) in [6.07, 6.45) is 6.11. The average Bonchev–Trinajstić information content (AvgIpc) is 1.93.